The van der Waals surface area contributed by atoms with E-state index < -0.39 is 24.2 Å². The van der Waals surface area contributed by atoms with Gasteiger partial charge in [0.25, 0.3) is 0 Å². The molecule has 0 aliphatic carbocycles. The largest absolute Gasteiger partial charge is 0.477 e. The van der Waals surface area contributed by atoms with Crippen LogP contribution in [-0.2, 0) is 4.79 Å². The lowest BCUT2D eigenvalue weighted by Crippen LogP contribution is -2.51. The minimum atomic E-state index is -5.85. The van der Waals surface area contributed by atoms with E-state index in [0.29, 0.717) is 0 Å². The Bertz CT molecular complexity index is 188. The molecule has 0 radical (unpaired) electrons. The molecule has 0 saturated heterocycles. The topological polar surface area (TPSA) is 37.3 Å². The van der Waals surface area contributed by atoms with E-state index >= 15 is 0 Å². The van der Waals surface area contributed by atoms with E-state index in [-0.39, 0.29) is 0 Å². The van der Waals surface area contributed by atoms with Crippen molar-refractivity contribution in [3.05, 3.63) is 0 Å². The van der Waals surface area contributed by atoms with Crippen LogP contribution in [0.2, 0.25) is 0 Å². The smallest absolute Gasteiger partial charge is 0.410 e. The van der Waals surface area contributed by atoms with E-state index in [2.05, 4.69) is 0 Å². The van der Waals surface area contributed by atoms with Gasteiger partial charge in [-0.1, -0.05) is 0 Å². The van der Waals surface area contributed by atoms with Crippen molar-refractivity contribution in [3.63, 3.8) is 0 Å². The Labute approximate surface area is 61.8 Å². The van der Waals surface area contributed by atoms with Gasteiger partial charge in [0.15, 0.2) is 0 Å². The number of hydrogen-bond acceptors (Lipinski definition) is 1. The number of alkyl halides is 6. The Balaban J connectivity index is 4.88. The number of carboxylic acids is 1. The van der Waals surface area contributed by atoms with Crippen LogP contribution < -0.4 is 0 Å². The van der Waals surface area contributed by atoms with Gasteiger partial charge in [-0.2, -0.15) is 17.6 Å². The first kappa shape index (κ1) is 11.0. The summed E-state index contributed by atoms with van der Waals surface area (Å²) in [5.74, 6) is -14.9. The lowest BCUT2D eigenvalue weighted by molar-refractivity contribution is -0.263. The fourth-order valence-electron chi connectivity index (χ4n) is 0.280. The molecule has 0 aromatic heterocycles. The lowest BCUT2D eigenvalue weighted by Gasteiger charge is -2.21. The minimum absolute atomic E-state index is 3.28. The van der Waals surface area contributed by atoms with E-state index in [4.69, 9.17) is 5.11 Å². The standard InChI is InChI=1S/C4H2F6O2/c5-1(6)3(7,8)4(9,10)2(11)12/h1H,(H,11,12). The van der Waals surface area contributed by atoms with Gasteiger partial charge in [0.2, 0.25) is 0 Å². The molecule has 0 aromatic rings. The van der Waals surface area contributed by atoms with Crippen LogP contribution >= 0.6 is 0 Å². The molecule has 0 rings (SSSR count). The average molecular weight is 196 g/mol. The Hall–Kier alpha value is -0.950. The molecule has 0 fully saturated rings. The molecule has 2 nitrogen and oxygen atoms in total. The van der Waals surface area contributed by atoms with Crippen molar-refractivity contribution < 1.29 is 36.2 Å². The highest BCUT2D eigenvalue weighted by atomic mass is 19.3. The zero-order valence-electron chi connectivity index (χ0n) is 5.20. The molecular weight excluding hydrogens is 194 g/mol. The van der Waals surface area contributed by atoms with Crippen LogP contribution in [0.5, 0.6) is 0 Å². The van der Waals surface area contributed by atoms with Gasteiger partial charge in [0.1, 0.15) is 0 Å². The van der Waals surface area contributed by atoms with Crippen LogP contribution in [-0.4, -0.2) is 29.3 Å². The Kier molecular flexibility index (Phi) is 2.61. The highest BCUT2D eigenvalue weighted by molar-refractivity contribution is 5.76. The summed E-state index contributed by atoms with van der Waals surface area (Å²) in [4.78, 5) is 9.41. The molecule has 0 atom stereocenters. The molecule has 0 unspecified atom stereocenters. The molecule has 0 bridgehead atoms. The highest BCUT2D eigenvalue weighted by Gasteiger charge is 2.68. The van der Waals surface area contributed by atoms with Gasteiger partial charge < -0.3 is 5.11 Å². The third-order valence-corrected chi connectivity index (χ3v) is 0.961. The van der Waals surface area contributed by atoms with Crippen molar-refractivity contribution in [1.82, 2.24) is 0 Å². The summed E-state index contributed by atoms with van der Waals surface area (Å²) in [7, 11) is 0. The predicted octanol–water partition coefficient (Wildman–Crippen LogP) is 1.61. The third-order valence-electron chi connectivity index (χ3n) is 0.961. The average Bonchev–Trinajstić information content (AvgIpc) is 1.86. The molecule has 0 amide bonds. The van der Waals surface area contributed by atoms with Crippen molar-refractivity contribution in [3.8, 4) is 0 Å². The number of halogens is 6. The van der Waals surface area contributed by atoms with Crippen LogP contribution in [0.4, 0.5) is 26.3 Å². The summed E-state index contributed by atoms with van der Waals surface area (Å²) in [5, 5.41) is 7.46. The third kappa shape index (κ3) is 1.46. The van der Waals surface area contributed by atoms with E-state index in [1.165, 1.54) is 0 Å². The number of carboxylic acid groups (broad SMARTS) is 1. The molecule has 0 spiro atoms. The van der Waals surface area contributed by atoms with Crippen molar-refractivity contribution in [2.75, 3.05) is 0 Å². The summed E-state index contributed by atoms with van der Waals surface area (Å²) in [6.45, 7) is 0. The van der Waals surface area contributed by atoms with Crippen molar-refractivity contribution in [2.45, 2.75) is 18.3 Å². The van der Waals surface area contributed by atoms with Gasteiger partial charge in [0, 0.05) is 0 Å². The van der Waals surface area contributed by atoms with Crippen molar-refractivity contribution >= 4 is 5.97 Å². The van der Waals surface area contributed by atoms with Gasteiger partial charge in [0.05, 0.1) is 0 Å². The molecular formula is C4H2F6O2. The molecule has 0 aromatic carbocycles. The zero-order chi connectivity index (χ0) is 10.2. The first-order valence-corrected chi connectivity index (χ1v) is 2.41. The molecule has 1 N–H and O–H groups in total. The highest BCUT2D eigenvalue weighted by Crippen LogP contribution is 2.39. The van der Waals surface area contributed by atoms with Crippen molar-refractivity contribution in [1.29, 1.82) is 0 Å². The Morgan fingerprint density at radius 2 is 1.50 bits per heavy atom. The number of carbonyl (C=O) groups is 1. The fourth-order valence-corrected chi connectivity index (χ4v) is 0.280. The second-order valence-electron chi connectivity index (χ2n) is 1.80. The Morgan fingerprint density at radius 1 is 1.17 bits per heavy atom. The van der Waals surface area contributed by atoms with E-state index in [0.717, 1.165) is 0 Å². The maximum absolute atomic E-state index is 11.7. The summed E-state index contributed by atoms with van der Waals surface area (Å²) in [6, 6.07) is 0. The number of aliphatic carboxylic acids is 1. The molecule has 0 aliphatic heterocycles. The normalized spacial score (nSPS) is 13.6. The monoisotopic (exact) mass is 196 g/mol. The van der Waals surface area contributed by atoms with Crippen molar-refractivity contribution in [2.24, 2.45) is 0 Å². The lowest BCUT2D eigenvalue weighted by atomic mass is 10.2. The quantitative estimate of drug-likeness (QED) is 0.696. The van der Waals surface area contributed by atoms with Crippen LogP contribution in [0, 0.1) is 0 Å². The maximum Gasteiger partial charge on any atom is 0.410 e. The number of hydrogen-bond donors (Lipinski definition) is 1. The zero-order valence-corrected chi connectivity index (χ0v) is 5.20. The van der Waals surface area contributed by atoms with Gasteiger partial charge >= 0.3 is 24.2 Å². The van der Waals surface area contributed by atoms with Crippen LogP contribution in [0.3, 0.4) is 0 Å². The van der Waals surface area contributed by atoms with Crippen LogP contribution in [0.15, 0.2) is 0 Å². The maximum atomic E-state index is 11.7. The summed E-state index contributed by atoms with van der Waals surface area (Å²) >= 11 is 0. The first-order valence-electron chi connectivity index (χ1n) is 2.41. The molecule has 0 saturated carbocycles. The van der Waals surface area contributed by atoms with Gasteiger partial charge in [-0.25, -0.2) is 13.6 Å². The summed E-state index contributed by atoms with van der Waals surface area (Å²) < 4.78 is 69.2. The van der Waals surface area contributed by atoms with E-state index in [1.54, 1.807) is 0 Å². The summed E-state index contributed by atoms with van der Waals surface area (Å²) in [6.07, 6.45) is -4.72. The summed E-state index contributed by atoms with van der Waals surface area (Å²) in [5.41, 5.74) is 0. The van der Waals surface area contributed by atoms with Gasteiger partial charge in [-0.05, 0) is 0 Å². The SMILES string of the molecule is O=C(O)C(F)(F)C(F)(F)C(F)F. The fraction of sp³-hybridized carbons (Fsp3) is 0.750. The van der Waals surface area contributed by atoms with E-state index in [9.17, 15) is 31.1 Å². The molecule has 0 heterocycles. The molecule has 12 heavy (non-hydrogen) atoms. The van der Waals surface area contributed by atoms with E-state index in [1.807, 2.05) is 0 Å². The number of rotatable bonds is 3. The predicted molar refractivity (Wildman–Crippen MR) is 23.5 cm³/mol. The first-order chi connectivity index (χ1) is 5.14. The molecule has 72 valence electrons. The second-order valence-corrected chi connectivity index (χ2v) is 1.80. The Morgan fingerprint density at radius 3 is 1.58 bits per heavy atom. The van der Waals surface area contributed by atoms with Crippen LogP contribution in [0.1, 0.15) is 0 Å². The van der Waals surface area contributed by atoms with Gasteiger partial charge in [-0.3, -0.25) is 0 Å². The van der Waals surface area contributed by atoms with Gasteiger partial charge in [-0.15, -0.1) is 0 Å². The van der Waals surface area contributed by atoms with Crippen LogP contribution in [0.25, 0.3) is 0 Å². The second kappa shape index (κ2) is 2.83. The molecule has 8 heteroatoms. The minimum Gasteiger partial charge on any atom is -0.477 e. The molecule has 0 aliphatic rings.